The van der Waals surface area contributed by atoms with Gasteiger partial charge in [-0.25, -0.2) is 0 Å². The summed E-state index contributed by atoms with van der Waals surface area (Å²) in [6.07, 6.45) is 2.55. The molecule has 0 saturated carbocycles. The molecule has 21 heavy (non-hydrogen) atoms. The minimum absolute atomic E-state index is 0.114. The highest BCUT2D eigenvalue weighted by Gasteiger charge is 2.30. The number of anilines is 1. The Labute approximate surface area is 121 Å². The van der Waals surface area contributed by atoms with Gasteiger partial charge in [0, 0.05) is 37.0 Å². The summed E-state index contributed by atoms with van der Waals surface area (Å²) in [6.45, 7) is 0.515. The zero-order chi connectivity index (χ0) is 14.7. The molecule has 0 unspecified atom stereocenters. The third kappa shape index (κ3) is 2.94. The Balaban J connectivity index is 1.65. The number of H-pyrrole nitrogens is 1. The molecule has 2 heterocycles. The van der Waals surface area contributed by atoms with E-state index in [1.807, 2.05) is 30.3 Å². The number of aromatic amines is 1. The number of nitrogens with one attached hydrogen (secondary N) is 3. The SMILES string of the molecule is O=C1C[C@@H](C(=O)NCCc2ccn[nH]2)c2ccccc2N1. The molecule has 0 spiro atoms. The topological polar surface area (TPSA) is 86.9 Å². The number of nitrogens with zero attached hydrogens (tertiary/aromatic N) is 1. The molecule has 1 aliphatic rings. The molecule has 3 rings (SSSR count). The summed E-state index contributed by atoms with van der Waals surface area (Å²) in [5.41, 5.74) is 2.57. The van der Waals surface area contributed by atoms with Crippen molar-refractivity contribution >= 4 is 17.5 Å². The fraction of sp³-hybridized carbons (Fsp3) is 0.267. The summed E-state index contributed by atoms with van der Waals surface area (Å²) in [5.74, 6) is -0.657. The van der Waals surface area contributed by atoms with Crippen LogP contribution in [0, 0.1) is 0 Å². The van der Waals surface area contributed by atoms with E-state index in [2.05, 4.69) is 20.8 Å². The largest absolute Gasteiger partial charge is 0.355 e. The van der Waals surface area contributed by atoms with Gasteiger partial charge in [0.1, 0.15) is 0 Å². The highest BCUT2D eigenvalue weighted by molar-refractivity contribution is 6.01. The molecular weight excluding hydrogens is 268 g/mol. The third-order valence-electron chi connectivity index (χ3n) is 3.57. The van der Waals surface area contributed by atoms with Crippen LogP contribution in [0.1, 0.15) is 23.6 Å². The van der Waals surface area contributed by atoms with E-state index in [9.17, 15) is 9.59 Å². The van der Waals surface area contributed by atoms with E-state index >= 15 is 0 Å². The number of rotatable bonds is 4. The van der Waals surface area contributed by atoms with Crippen LogP contribution in [0.2, 0.25) is 0 Å². The predicted octanol–water partition coefficient (Wildman–Crippen LogP) is 1.19. The number of amides is 2. The standard InChI is InChI=1S/C15H16N4O2/c20-14-9-12(11-3-1-2-4-13(11)18-14)15(21)16-7-5-10-6-8-17-19-10/h1-4,6,8,12H,5,7,9H2,(H,16,21)(H,17,19)(H,18,20)/t12-/m1/s1. The first-order valence-electron chi connectivity index (χ1n) is 6.89. The molecule has 0 bridgehead atoms. The van der Waals surface area contributed by atoms with Gasteiger partial charge in [0.15, 0.2) is 0 Å². The normalized spacial score (nSPS) is 17.0. The summed E-state index contributed by atoms with van der Waals surface area (Å²) in [5, 5.41) is 12.4. The van der Waals surface area contributed by atoms with E-state index in [-0.39, 0.29) is 18.2 Å². The lowest BCUT2D eigenvalue weighted by Gasteiger charge is -2.24. The lowest BCUT2D eigenvalue weighted by atomic mass is 9.90. The maximum Gasteiger partial charge on any atom is 0.228 e. The summed E-state index contributed by atoms with van der Waals surface area (Å²) >= 11 is 0. The zero-order valence-corrected chi connectivity index (χ0v) is 11.4. The molecule has 1 aromatic carbocycles. The van der Waals surface area contributed by atoms with Crippen molar-refractivity contribution in [2.24, 2.45) is 0 Å². The molecule has 0 saturated heterocycles. The van der Waals surface area contributed by atoms with Crippen molar-refractivity contribution in [1.29, 1.82) is 0 Å². The monoisotopic (exact) mass is 284 g/mol. The molecule has 0 fully saturated rings. The minimum atomic E-state index is -0.420. The van der Waals surface area contributed by atoms with Gasteiger partial charge < -0.3 is 10.6 Å². The second kappa shape index (κ2) is 5.78. The van der Waals surface area contributed by atoms with Crippen LogP contribution in [0.25, 0.3) is 0 Å². The summed E-state index contributed by atoms with van der Waals surface area (Å²) in [6, 6.07) is 9.29. The predicted molar refractivity (Wildman–Crippen MR) is 77.7 cm³/mol. The smallest absolute Gasteiger partial charge is 0.228 e. The van der Waals surface area contributed by atoms with Crippen LogP contribution in [0.4, 0.5) is 5.69 Å². The third-order valence-corrected chi connectivity index (χ3v) is 3.57. The summed E-state index contributed by atoms with van der Waals surface area (Å²) in [7, 11) is 0. The Morgan fingerprint density at radius 3 is 3.00 bits per heavy atom. The van der Waals surface area contributed by atoms with Crippen molar-refractivity contribution in [1.82, 2.24) is 15.5 Å². The molecule has 3 N–H and O–H groups in total. The van der Waals surface area contributed by atoms with Gasteiger partial charge >= 0.3 is 0 Å². The minimum Gasteiger partial charge on any atom is -0.355 e. The van der Waals surface area contributed by atoms with E-state index < -0.39 is 5.92 Å². The molecule has 2 amide bonds. The molecule has 0 aliphatic carbocycles. The maximum atomic E-state index is 12.3. The van der Waals surface area contributed by atoms with Crippen molar-refractivity contribution in [3.05, 3.63) is 47.8 Å². The molecule has 2 aromatic rings. The number of carbonyl (C=O) groups excluding carboxylic acids is 2. The Hall–Kier alpha value is -2.63. The fourth-order valence-electron chi connectivity index (χ4n) is 2.51. The Bertz CT molecular complexity index is 651. The molecule has 6 heteroatoms. The van der Waals surface area contributed by atoms with Crippen molar-refractivity contribution in [2.75, 3.05) is 11.9 Å². The summed E-state index contributed by atoms with van der Waals surface area (Å²) < 4.78 is 0. The van der Waals surface area contributed by atoms with Crippen molar-refractivity contribution in [3.63, 3.8) is 0 Å². The number of para-hydroxylation sites is 1. The fourth-order valence-corrected chi connectivity index (χ4v) is 2.51. The lowest BCUT2D eigenvalue weighted by molar-refractivity contribution is -0.126. The molecule has 0 radical (unpaired) electrons. The van der Waals surface area contributed by atoms with E-state index in [4.69, 9.17) is 0 Å². The van der Waals surface area contributed by atoms with E-state index in [1.54, 1.807) is 6.20 Å². The van der Waals surface area contributed by atoms with Crippen LogP contribution in [0.3, 0.4) is 0 Å². The molecule has 1 aromatic heterocycles. The maximum absolute atomic E-state index is 12.3. The van der Waals surface area contributed by atoms with Gasteiger partial charge in [-0.05, 0) is 17.7 Å². The van der Waals surface area contributed by atoms with Crippen LogP contribution in [-0.4, -0.2) is 28.6 Å². The van der Waals surface area contributed by atoms with Gasteiger partial charge in [0.25, 0.3) is 0 Å². The zero-order valence-electron chi connectivity index (χ0n) is 11.4. The van der Waals surface area contributed by atoms with E-state index in [0.717, 1.165) is 16.9 Å². The van der Waals surface area contributed by atoms with Crippen molar-refractivity contribution in [2.45, 2.75) is 18.8 Å². The number of fused-ring (bicyclic) bond motifs is 1. The Kier molecular flexibility index (Phi) is 3.68. The molecule has 1 atom stereocenters. The second-order valence-electron chi connectivity index (χ2n) is 5.02. The number of aromatic nitrogens is 2. The summed E-state index contributed by atoms with van der Waals surface area (Å²) in [4.78, 5) is 24.0. The lowest BCUT2D eigenvalue weighted by Crippen LogP contribution is -2.35. The first-order chi connectivity index (χ1) is 10.2. The highest BCUT2D eigenvalue weighted by Crippen LogP contribution is 2.31. The van der Waals surface area contributed by atoms with Crippen LogP contribution in [0.5, 0.6) is 0 Å². The number of hydrogen-bond donors (Lipinski definition) is 3. The first-order valence-corrected chi connectivity index (χ1v) is 6.89. The van der Waals surface area contributed by atoms with Gasteiger partial charge in [-0.2, -0.15) is 5.10 Å². The number of hydrogen-bond acceptors (Lipinski definition) is 3. The number of carbonyl (C=O) groups is 2. The van der Waals surface area contributed by atoms with Gasteiger partial charge in [0.05, 0.1) is 5.92 Å². The van der Waals surface area contributed by atoms with E-state index in [0.29, 0.717) is 13.0 Å². The van der Waals surface area contributed by atoms with Crippen LogP contribution in [0.15, 0.2) is 36.5 Å². The first kappa shape index (κ1) is 13.4. The van der Waals surface area contributed by atoms with Crippen LogP contribution >= 0.6 is 0 Å². The highest BCUT2D eigenvalue weighted by atomic mass is 16.2. The Morgan fingerprint density at radius 2 is 2.19 bits per heavy atom. The average molecular weight is 284 g/mol. The van der Waals surface area contributed by atoms with Gasteiger partial charge in [-0.3, -0.25) is 14.7 Å². The quantitative estimate of drug-likeness (QED) is 0.788. The van der Waals surface area contributed by atoms with E-state index in [1.165, 1.54) is 0 Å². The molecular formula is C15H16N4O2. The second-order valence-corrected chi connectivity index (χ2v) is 5.02. The van der Waals surface area contributed by atoms with Gasteiger partial charge in [-0.1, -0.05) is 18.2 Å². The van der Waals surface area contributed by atoms with Gasteiger partial charge in [0.2, 0.25) is 11.8 Å². The van der Waals surface area contributed by atoms with Crippen molar-refractivity contribution in [3.8, 4) is 0 Å². The molecule has 108 valence electrons. The molecule has 6 nitrogen and oxygen atoms in total. The van der Waals surface area contributed by atoms with Crippen molar-refractivity contribution < 1.29 is 9.59 Å². The average Bonchev–Trinajstić information content (AvgIpc) is 2.99. The Morgan fingerprint density at radius 1 is 1.33 bits per heavy atom. The van der Waals surface area contributed by atoms with Gasteiger partial charge in [-0.15, -0.1) is 0 Å². The molecule has 1 aliphatic heterocycles. The van der Waals surface area contributed by atoms with Crippen LogP contribution in [-0.2, 0) is 16.0 Å². The number of benzene rings is 1. The van der Waals surface area contributed by atoms with Crippen LogP contribution < -0.4 is 10.6 Å².